The maximum absolute atomic E-state index is 4.52. The third-order valence-corrected chi connectivity index (χ3v) is 3.75. The van der Waals surface area contributed by atoms with Crippen molar-refractivity contribution in [1.29, 1.82) is 0 Å². The SMILES string of the molecule is CCNC(c1cn(C)cn1)C1CN(C)CCN1C. The van der Waals surface area contributed by atoms with Gasteiger partial charge in [-0.05, 0) is 20.6 Å². The number of aryl methyl sites for hydroxylation is 1. The van der Waals surface area contributed by atoms with E-state index in [1.807, 2.05) is 17.9 Å². The molecular formula is C13H25N5. The van der Waals surface area contributed by atoms with E-state index in [0.29, 0.717) is 12.1 Å². The first-order valence-electron chi connectivity index (χ1n) is 6.71. The van der Waals surface area contributed by atoms with E-state index in [4.69, 9.17) is 0 Å². The van der Waals surface area contributed by atoms with Gasteiger partial charge in [-0.2, -0.15) is 0 Å². The minimum atomic E-state index is 0.309. The smallest absolute Gasteiger partial charge is 0.0947 e. The summed E-state index contributed by atoms with van der Waals surface area (Å²) in [7, 11) is 6.43. The first-order valence-corrected chi connectivity index (χ1v) is 6.71. The number of piperazine rings is 1. The zero-order valence-electron chi connectivity index (χ0n) is 11.9. The van der Waals surface area contributed by atoms with Crippen LogP contribution in [0.5, 0.6) is 0 Å². The van der Waals surface area contributed by atoms with Gasteiger partial charge in [0.2, 0.25) is 0 Å². The Hall–Kier alpha value is -0.910. The monoisotopic (exact) mass is 251 g/mol. The van der Waals surface area contributed by atoms with Crippen molar-refractivity contribution < 1.29 is 0 Å². The minimum Gasteiger partial charge on any atom is -0.340 e. The van der Waals surface area contributed by atoms with Crippen LogP contribution < -0.4 is 5.32 Å². The molecule has 1 aromatic rings. The van der Waals surface area contributed by atoms with Crippen LogP contribution in [0.15, 0.2) is 12.5 Å². The Morgan fingerprint density at radius 3 is 2.78 bits per heavy atom. The third-order valence-electron chi connectivity index (χ3n) is 3.75. The van der Waals surface area contributed by atoms with Gasteiger partial charge >= 0.3 is 0 Å². The second-order valence-electron chi connectivity index (χ2n) is 5.31. The summed E-state index contributed by atoms with van der Waals surface area (Å²) in [5.41, 5.74) is 1.14. The quantitative estimate of drug-likeness (QED) is 0.836. The van der Waals surface area contributed by atoms with Gasteiger partial charge in [-0.3, -0.25) is 4.90 Å². The molecule has 0 bridgehead atoms. The van der Waals surface area contributed by atoms with Crippen LogP contribution in [-0.4, -0.2) is 65.7 Å². The molecule has 0 aromatic carbocycles. The number of rotatable bonds is 4. The van der Waals surface area contributed by atoms with Gasteiger partial charge in [0.1, 0.15) is 0 Å². The first kappa shape index (κ1) is 13.5. The average Bonchev–Trinajstić information content (AvgIpc) is 2.76. The average molecular weight is 251 g/mol. The molecule has 5 nitrogen and oxygen atoms in total. The van der Waals surface area contributed by atoms with Crippen molar-refractivity contribution in [3.05, 3.63) is 18.2 Å². The number of aromatic nitrogens is 2. The molecule has 102 valence electrons. The van der Waals surface area contributed by atoms with E-state index >= 15 is 0 Å². The van der Waals surface area contributed by atoms with Crippen LogP contribution in [0.2, 0.25) is 0 Å². The molecule has 2 rings (SSSR count). The Morgan fingerprint density at radius 2 is 2.17 bits per heavy atom. The number of nitrogens with one attached hydrogen (secondary N) is 1. The lowest BCUT2D eigenvalue weighted by molar-refractivity contribution is 0.0871. The summed E-state index contributed by atoms with van der Waals surface area (Å²) in [6, 6.07) is 0.794. The van der Waals surface area contributed by atoms with Crippen LogP contribution in [-0.2, 0) is 7.05 Å². The van der Waals surface area contributed by atoms with Crippen LogP contribution in [0, 0.1) is 0 Å². The standard InChI is InChI=1S/C13H25N5/c1-5-14-13(11-8-17(3)10-15-11)12-9-16(2)6-7-18(12)4/h8,10,12-14H,5-7,9H2,1-4H3. The molecule has 1 fully saturated rings. The Morgan fingerprint density at radius 1 is 1.39 bits per heavy atom. The predicted molar refractivity (Wildman–Crippen MR) is 73.5 cm³/mol. The van der Waals surface area contributed by atoms with Gasteiger partial charge in [0.05, 0.1) is 18.1 Å². The predicted octanol–water partition coefficient (Wildman–Crippen LogP) is 0.317. The highest BCUT2D eigenvalue weighted by Gasteiger charge is 2.31. The van der Waals surface area contributed by atoms with Crippen molar-refractivity contribution in [2.75, 3.05) is 40.3 Å². The van der Waals surface area contributed by atoms with Crippen LogP contribution >= 0.6 is 0 Å². The van der Waals surface area contributed by atoms with Crippen LogP contribution in [0.1, 0.15) is 18.7 Å². The fraction of sp³-hybridized carbons (Fsp3) is 0.769. The number of hydrogen-bond acceptors (Lipinski definition) is 4. The van der Waals surface area contributed by atoms with Crippen LogP contribution in [0.25, 0.3) is 0 Å². The molecule has 1 saturated heterocycles. The fourth-order valence-corrected chi connectivity index (χ4v) is 2.66. The Balaban J connectivity index is 2.18. The summed E-state index contributed by atoms with van der Waals surface area (Å²) in [4.78, 5) is 9.37. The highest BCUT2D eigenvalue weighted by atomic mass is 15.3. The van der Waals surface area contributed by atoms with Gasteiger partial charge in [0, 0.05) is 38.9 Å². The molecule has 2 atom stereocenters. The molecule has 0 saturated carbocycles. The summed E-state index contributed by atoms with van der Waals surface area (Å²) in [5, 5.41) is 3.59. The van der Waals surface area contributed by atoms with E-state index in [9.17, 15) is 0 Å². The van der Waals surface area contributed by atoms with Crippen LogP contribution in [0.3, 0.4) is 0 Å². The Kier molecular flexibility index (Phi) is 4.37. The van der Waals surface area contributed by atoms with Gasteiger partial charge in [-0.1, -0.05) is 6.92 Å². The third kappa shape index (κ3) is 2.91. The van der Waals surface area contributed by atoms with Gasteiger partial charge in [0.15, 0.2) is 0 Å². The van der Waals surface area contributed by atoms with Crippen molar-refractivity contribution in [2.24, 2.45) is 7.05 Å². The fourth-order valence-electron chi connectivity index (χ4n) is 2.66. The van der Waals surface area contributed by atoms with Gasteiger partial charge in [0.25, 0.3) is 0 Å². The van der Waals surface area contributed by atoms with E-state index in [1.165, 1.54) is 0 Å². The van der Waals surface area contributed by atoms with Gasteiger partial charge < -0.3 is 14.8 Å². The molecule has 18 heavy (non-hydrogen) atoms. The molecule has 1 N–H and O–H groups in total. The van der Waals surface area contributed by atoms with E-state index < -0.39 is 0 Å². The molecule has 1 aliphatic rings. The zero-order chi connectivity index (χ0) is 13.1. The summed E-state index contributed by atoms with van der Waals surface area (Å²) >= 11 is 0. The maximum Gasteiger partial charge on any atom is 0.0947 e. The van der Waals surface area contributed by atoms with Crippen LogP contribution in [0.4, 0.5) is 0 Å². The summed E-state index contributed by atoms with van der Waals surface area (Å²) in [6.45, 7) is 6.48. The largest absolute Gasteiger partial charge is 0.340 e. The number of hydrogen-bond donors (Lipinski definition) is 1. The Labute approximate surface area is 110 Å². The number of imidazole rings is 1. The Bertz CT molecular complexity index is 375. The highest BCUT2D eigenvalue weighted by molar-refractivity contribution is 5.09. The summed E-state index contributed by atoms with van der Waals surface area (Å²) < 4.78 is 2.02. The van der Waals surface area contributed by atoms with E-state index in [-0.39, 0.29) is 0 Å². The summed E-state index contributed by atoms with van der Waals surface area (Å²) in [5.74, 6) is 0. The van der Waals surface area contributed by atoms with Crippen molar-refractivity contribution in [2.45, 2.75) is 19.0 Å². The molecule has 1 aliphatic heterocycles. The molecule has 0 amide bonds. The first-order chi connectivity index (χ1) is 8.61. The van der Waals surface area contributed by atoms with Gasteiger partial charge in [-0.25, -0.2) is 4.98 Å². The maximum atomic E-state index is 4.52. The normalized spacial score (nSPS) is 24.3. The minimum absolute atomic E-state index is 0.309. The molecular weight excluding hydrogens is 226 g/mol. The van der Waals surface area contributed by atoms with Crippen molar-refractivity contribution in [3.63, 3.8) is 0 Å². The highest BCUT2D eigenvalue weighted by Crippen LogP contribution is 2.21. The lowest BCUT2D eigenvalue weighted by Crippen LogP contribution is -2.55. The molecule has 0 radical (unpaired) electrons. The van der Waals surface area contributed by atoms with Gasteiger partial charge in [-0.15, -0.1) is 0 Å². The number of likely N-dealkylation sites (N-methyl/N-ethyl adjacent to an activating group) is 3. The molecule has 0 spiro atoms. The molecule has 5 heteroatoms. The lowest BCUT2D eigenvalue weighted by Gasteiger charge is -2.41. The molecule has 1 aromatic heterocycles. The van der Waals surface area contributed by atoms with Crippen molar-refractivity contribution in [1.82, 2.24) is 24.7 Å². The second-order valence-corrected chi connectivity index (χ2v) is 5.31. The van der Waals surface area contributed by atoms with E-state index in [2.05, 4.69) is 47.3 Å². The van der Waals surface area contributed by atoms with E-state index in [0.717, 1.165) is 31.9 Å². The molecule has 0 aliphatic carbocycles. The summed E-state index contributed by atoms with van der Waals surface area (Å²) in [6.07, 6.45) is 4.00. The lowest BCUT2D eigenvalue weighted by atomic mass is 10.0. The van der Waals surface area contributed by atoms with E-state index in [1.54, 1.807) is 0 Å². The molecule has 2 heterocycles. The number of nitrogens with zero attached hydrogens (tertiary/aromatic N) is 4. The zero-order valence-corrected chi connectivity index (χ0v) is 11.9. The van der Waals surface area contributed by atoms with Crippen molar-refractivity contribution in [3.8, 4) is 0 Å². The second kappa shape index (κ2) is 5.82. The van der Waals surface area contributed by atoms with Crippen molar-refractivity contribution >= 4 is 0 Å². The topological polar surface area (TPSA) is 36.3 Å². The molecule has 2 unspecified atom stereocenters.